The van der Waals surface area contributed by atoms with Crippen molar-refractivity contribution in [2.75, 3.05) is 59.5 Å². The summed E-state index contributed by atoms with van der Waals surface area (Å²) in [5, 5.41) is 302. The highest BCUT2D eigenvalue weighted by Gasteiger charge is 2.75. The van der Waals surface area contributed by atoms with Gasteiger partial charge in [0.25, 0.3) is 0 Å². The van der Waals surface area contributed by atoms with Crippen LogP contribution >= 0.6 is 0 Å². The molecular weight excluding hydrogens is 1320 g/mol. The number of aliphatic hydroxyl groups is 29. The van der Waals surface area contributed by atoms with Gasteiger partial charge in [-0.15, -0.1) is 0 Å². The normalized spacial score (nSPS) is 32.4. The average molecular weight is 1410 g/mol. The van der Waals surface area contributed by atoms with E-state index in [4.69, 9.17) is 116 Å². The Hall–Kier alpha value is -5.17. The highest BCUT2D eigenvalue weighted by atomic mass is 16.7. The molecule has 2 fully saturated rings. The van der Waals surface area contributed by atoms with Gasteiger partial charge in [-0.2, -0.15) is 0 Å². The predicted molar refractivity (Wildman–Crippen MR) is 297 cm³/mol. The van der Waals surface area contributed by atoms with Crippen LogP contribution in [0.3, 0.4) is 0 Å². The number of hydrogen-bond acceptors (Lipinski definition) is 40. The molecule has 22 unspecified atom stereocenters. The number of ketones is 2. The van der Waals surface area contributed by atoms with Crippen molar-refractivity contribution in [3.8, 4) is 0 Å². The molecule has 3 rings (SSSR count). The van der Waals surface area contributed by atoms with Crippen molar-refractivity contribution in [3.05, 3.63) is 11.5 Å². The smallest absolute Gasteiger partial charge is 0.341 e. The number of carboxylic acid groups (broad SMARTS) is 4. The summed E-state index contributed by atoms with van der Waals surface area (Å²) in [4.78, 5) is 73.6. The zero-order valence-corrected chi connectivity index (χ0v) is 51.9. The van der Waals surface area contributed by atoms with Crippen LogP contribution in [-0.4, -0.2) is 412 Å². The first-order valence-corrected chi connectivity index (χ1v) is 27.3. The third kappa shape index (κ3) is 22.2. The molecule has 0 amide bonds. The molecule has 0 spiro atoms. The molecular formula is C51H92O44. The number of hydrogen-bond donors (Lipinski definition) is 33. The third-order valence-electron chi connectivity index (χ3n) is 15.8. The fourth-order valence-corrected chi connectivity index (χ4v) is 8.04. The average Bonchev–Trinajstić information content (AvgIpc) is 1.31. The first kappa shape index (κ1) is 94.0. The summed E-state index contributed by atoms with van der Waals surface area (Å²) < 4.78 is 20.7. The first-order valence-electron chi connectivity index (χ1n) is 27.3. The van der Waals surface area contributed by atoms with E-state index in [2.05, 4.69) is 0 Å². The zero-order valence-electron chi connectivity index (χ0n) is 51.9. The summed E-state index contributed by atoms with van der Waals surface area (Å²) in [6.45, 7) is 2.54. The van der Waals surface area contributed by atoms with E-state index in [9.17, 15) is 105 Å². The van der Waals surface area contributed by atoms with Gasteiger partial charge in [0, 0.05) is 0 Å². The lowest BCUT2D eigenvalue weighted by Crippen LogP contribution is -2.85. The van der Waals surface area contributed by atoms with Crippen LogP contribution in [0.4, 0.5) is 0 Å². The van der Waals surface area contributed by atoms with E-state index < -0.39 is 248 Å². The van der Waals surface area contributed by atoms with E-state index >= 15 is 0 Å². The van der Waals surface area contributed by atoms with E-state index in [1.807, 2.05) is 0 Å². The summed E-state index contributed by atoms with van der Waals surface area (Å²) >= 11 is 0. The van der Waals surface area contributed by atoms with Crippen LogP contribution in [0.2, 0.25) is 0 Å². The molecule has 2 saturated heterocycles. The quantitative estimate of drug-likeness (QED) is 0.0358. The lowest BCUT2D eigenvalue weighted by atomic mass is 9.61. The van der Waals surface area contributed by atoms with Crippen LogP contribution in [0, 0.1) is 5.92 Å². The van der Waals surface area contributed by atoms with E-state index in [-0.39, 0.29) is 13.2 Å². The Morgan fingerprint density at radius 1 is 0.495 bits per heavy atom. The summed E-state index contributed by atoms with van der Waals surface area (Å²) in [5.41, 5.74) is -15.3. The van der Waals surface area contributed by atoms with Crippen molar-refractivity contribution in [2.24, 2.45) is 5.92 Å². The Bertz CT molecular complexity index is 2450. The Balaban J connectivity index is -0.00000112. The zero-order chi connectivity index (χ0) is 76.2. The summed E-state index contributed by atoms with van der Waals surface area (Å²) in [5.74, 6) is -14.8. The Kier molecular flexibility index (Phi) is 37.9. The van der Waals surface area contributed by atoms with E-state index in [1.165, 1.54) is 13.8 Å². The number of cyclic esters (lactones) is 1. The second kappa shape index (κ2) is 38.3. The fraction of sp³-hybridized carbons (Fsp3) is 0.824. The summed E-state index contributed by atoms with van der Waals surface area (Å²) in [6, 6.07) is 0. The molecule has 0 aromatic rings. The van der Waals surface area contributed by atoms with Gasteiger partial charge in [-0.25, -0.2) is 24.0 Å². The van der Waals surface area contributed by atoms with Gasteiger partial charge in [0.1, 0.15) is 114 Å². The predicted octanol–water partition coefficient (Wildman–Crippen LogP) is -16.3. The van der Waals surface area contributed by atoms with Gasteiger partial charge < -0.3 is 187 Å². The standard InChI is InChI=1S/C17H32O12.C10H18O7.C8H12O6.C6H12O7.C6H12O6.C4H6O6/c1-13(7-19)14(2,25)15(3,26)16(4,27)17(5,29-13)28-11(8(20)6-18)9(21)10(22)12(23)24;1-8(15)7(14)17-9(2,10(8,3)16)6(13)5(12)4-11;9-1-5(10)4-2-14-3-6(11)8(13)7(4)12;7-1-2(8)3(9)4(10)5(11)6(12)13;7-1-3(9)5(11)6(12)4(10)2-8;5-1(3(7)8)2(6)4(9)10/h8-11,18-22,25-27H,6-7H2,1-5H3,(H,23,24);5-6,11-13,15-16H,4H2,1-3H3;4-5,9-10,12-13H,1-3H2;2-5,7-11H,1H2,(H,12,13);3,5-9,11-12H,1-2H2;1-2,5-6H,(H,7,8)(H,9,10)/t8?,9?,10?,11?,13?,14-,15?,16?,17+;5?,6?,8?,9-,10?;;;;/m00..../s1. The molecule has 33 N–H and O–H groups in total. The molecule has 44 heteroatoms. The second-order valence-corrected chi connectivity index (χ2v) is 22.5. The van der Waals surface area contributed by atoms with Gasteiger partial charge >= 0.3 is 29.8 Å². The SMILES string of the molecule is CC1(O)C(=O)O[C@@](C)(C(O)C(O)CO)C1(C)O.CC1(O)C(C)(O)[C@@](C)(O)C(C)(CO)O[C@@]1(C)OC(C(O)CO)C(O)C(O)C(=O)O.O=C(CO)C(O)C(O)C(O)CO.O=C(O)C(O)C(O)C(=O)O.O=C(O)C(O)C(O)C(O)C(O)CO.O=C1COCC(C(O)CO)C(O)=C1O. The Morgan fingerprint density at radius 2 is 0.895 bits per heavy atom. The Labute approximate surface area is 536 Å². The minimum absolute atomic E-state index is 0.122. The van der Waals surface area contributed by atoms with Crippen LogP contribution < -0.4 is 0 Å². The van der Waals surface area contributed by atoms with Crippen LogP contribution in [-0.2, 0) is 52.5 Å². The highest BCUT2D eigenvalue weighted by Crippen LogP contribution is 2.54. The van der Waals surface area contributed by atoms with Crippen molar-refractivity contribution in [2.45, 2.75) is 198 Å². The van der Waals surface area contributed by atoms with Crippen molar-refractivity contribution in [3.63, 3.8) is 0 Å². The molecule has 0 aromatic heterocycles. The number of carbonyl (C=O) groups excluding carboxylic acids is 3. The molecule has 0 radical (unpaired) electrons. The van der Waals surface area contributed by atoms with Gasteiger partial charge in [0.05, 0.1) is 58.3 Å². The van der Waals surface area contributed by atoms with Crippen molar-refractivity contribution in [1.82, 2.24) is 0 Å². The maximum Gasteiger partial charge on any atom is 0.341 e. The largest absolute Gasteiger partial charge is 0.508 e. The monoisotopic (exact) mass is 1410 g/mol. The minimum Gasteiger partial charge on any atom is -0.508 e. The summed E-state index contributed by atoms with van der Waals surface area (Å²) in [7, 11) is 0. The van der Waals surface area contributed by atoms with Crippen molar-refractivity contribution < 1.29 is 221 Å². The van der Waals surface area contributed by atoms with Crippen LogP contribution in [0.5, 0.6) is 0 Å². The fourth-order valence-electron chi connectivity index (χ4n) is 8.04. The van der Waals surface area contributed by atoms with Gasteiger partial charge in [-0.3, -0.25) is 9.59 Å². The van der Waals surface area contributed by atoms with Crippen LogP contribution in [0.25, 0.3) is 0 Å². The number of rotatable bonds is 26. The first-order chi connectivity index (χ1) is 42.9. The molecule has 44 nitrogen and oxygen atoms in total. The van der Waals surface area contributed by atoms with E-state index in [1.54, 1.807) is 0 Å². The number of esters is 1. The van der Waals surface area contributed by atoms with Gasteiger partial charge in [-0.05, 0) is 55.4 Å². The lowest BCUT2D eigenvalue weighted by molar-refractivity contribution is -0.468. The minimum atomic E-state index is -2.49. The topological polar surface area (TPSA) is 824 Å². The molecule has 0 aromatic carbocycles. The molecule has 560 valence electrons. The molecule has 25 atom stereocenters. The maximum absolute atomic E-state index is 11.5. The number of aliphatic hydroxyl groups excluding tert-OH is 24. The molecule has 3 heterocycles. The van der Waals surface area contributed by atoms with Crippen molar-refractivity contribution in [1.29, 1.82) is 0 Å². The number of aliphatic carboxylic acids is 4. The second-order valence-electron chi connectivity index (χ2n) is 22.5. The molecule has 3 aliphatic rings. The van der Waals surface area contributed by atoms with Gasteiger partial charge in [-0.1, -0.05) is 0 Å². The number of Topliss-reactive ketones (excluding diaryl/α,β-unsaturated/α-hetero) is 2. The van der Waals surface area contributed by atoms with E-state index in [0.29, 0.717) is 0 Å². The molecule has 0 bridgehead atoms. The van der Waals surface area contributed by atoms with Gasteiger partial charge in [0.2, 0.25) is 5.78 Å². The lowest BCUT2D eigenvalue weighted by Gasteiger charge is -2.65. The third-order valence-corrected chi connectivity index (χ3v) is 15.8. The van der Waals surface area contributed by atoms with Gasteiger partial charge in [0.15, 0.2) is 52.9 Å². The molecule has 0 saturated carbocycles. The molecule has 0 aliphatic carbocycles. The number of ether oxygens (including phenoxy) is 4. The summed E-state index contributed by atoms with van der Waals surface area (Å²) in [6.07, 6.45) is -30.9. The van der Waals surface area contributed by atoms with Crippen LogP contribution in [0.15, 0.2) is 11.5 Å². The van der Waals surface area contributed by atoms with Crippen molar-refractivity contribution >= 4 is 41.4 Å². The maximum atomic E-state index is 11.5. The molecule has 95 heavy (non-hydrogen) atoms. The van der Waals surface area contributed by atoms with E-state index in [0.717, 1.165) is 41.5 Å². The van der Waals surface area contributed by atoms with Crippen LogP contribution in [0.1, 0.15) is 55.4 Å². The number of carboxylic acids is 4. The number of carbonyl (C=O) groups is 7. The highest BCUT2D eigenvalue weighted by molar-refractivity contribution is 5.94. The molecule has 3 aliphatic heterocycles. The Morgan fingerprint density at radius 3 is 1.24 bits per heavy atom.